The Labute approximate surface area is 113 Å². The highest BCUT2D eigenvalue weighted by Crippen LogP contribution is 2.10. The number of phenolic OH excluding ortho intramolecular Hbond substituents is 1. The molecule has 0 aromatic heterocycles. The Balaban J connectivity index is 0.00000154. The van der Waals surface area contributed by atoms with Crippen molar-refractivity contribution in [2.75, 3.05) is 6.54 Å². The number of nitrogens with two attached hydrogens (primary N) is 1. The molecule has 0 fully saturated rings. The van der Waals surface area contributed by atoms with Gasteiger partial charge in [-0.05, 0) is 31.0 Å². The average molecular weight is 266 g/mol. The molecule has 106 valence electrons. The zero-order valence-electron chi connectivity index (χ0n) is 11.6. The molecule has 0 aliphatic carbocycles. The molecular weight excluding hydrogens is 244 g/mol. The summed E-state index contributed by atoms with van der Waals surface area (Å²) in [6.45, 7) is 5.40. The summed E-state index contributed by atoms with van der Waals surface area (Å²) in [6.07, 6.45) is 0.365. The summed E-state index contributed by atoms with van der Waals surface area (Å²) in [5.41, 5.74) is 6.54. The summed E-state index contributed by atoms with van der Waals surface area (Å²) >= 11 is 0. The molecule has 1 atom stereocenters. The Bertz CT molecular complexity index is 402. The van der Waals surface area contributed by atoms with Crippen molar-refractivity contribution in [1.82, 2.24) is 5.32 Å². The molecule has 0 heterocycles. The number of Topliss-reactive ketones (excluding diaryl/α,β-unsaturated/α-hetero) is 1. The van der Waals surface area contributed by atoms with Gasteiger partial charge in [-0.1, -0.05) is 26.0 Å². The van der Waals surface area contributed by atoms with Crippen molar-refractivity contribution in [2.24, 2.45) is 5.73 Å². The number of carbonyl (C=O) groups is 2. The van der Waals surface area contributed by atoms with E-state index in [0.717, 1.165) is 5.56 Å². The van der Waals surface area contributed by atoms with Crippen LogP contribution >= 0.6 is 0 Å². The molecule has 0 aliphatic rings. The van der Waals surface area contributed by atoms with Gasteiger partial charge in [0, 0.05) is 0 Å². The summed E-state index contributed by atoms with van der Waals surface area (Å²) in [6, 6.07) is 5.78. The normalized spacial score (nSPS) is 10.9. The van der Waals surface area contributed by atoms with Gasteiger partial charge in [0.05, 0.1) is 12.6 Å². The summed E-state index contributed by atoms with van der Waals surface area (Å²) < 4.78 is 0. The lowest BCUT2D eigenvalue weighted by Gasteiger charge is -2.11. The zero-order chi connectivity index (χ0) is 14.8. The van der Waals surface area contributed by atoms with E-state index in [9.17, 15) is 9.59 Å². The molecule has 1 aromatic carbocycles. The lowest BCUT2D eigenvalue weighted by molar-refractivity contribution is -0.125. The highest BCUT2D eigenvalue weighted by atomic mass is 16.3. The molecule has 0 saturated carbocycles. The van der Waals surface area contributed by atoms with Gasteiger partial charge < -0.3 is 16.2 Å². The number of benzene rings is 1. The molecule has 4 N–H and O–H groups in total. The quantitative estimate of drug-likeness (QED) is 0.741. The predicted octanol–water partition coefficient (Wildman–Crippen LogP) is 0.993. The lowest BCUT2D eigenvalue weighted by Crippen LogP contribution is -2.43. The molecule has 5 nitrogen and oxygen atoms in total. The number of nitrogens with one attached hydrogen (secondary N) is 1. The highest BCUT2D eigenvalue weighted by molar-refractivity contribution is 5.87. The number of hydrogen-bond donors (Lipinski definition) is 3. The van der Waals surface area contributed by atoms with Crippen LogP contribution in [0.15, 0.2) is 24.3 Å². The second-order valence-corrected chi connectivity index (χ2v) is 3.90. The van der Waals surface area contributed by atoms with Crippen molar-refractivity contribution in [3.05, 3.63) is 29.8 Å². The third-order valence-corrected chi connectivity index (χ3v) is 2.24. The first-order chi connectivity index (χ1) is 8.99. The standard InChI is InChI=1S/C12H16N2O3.C2H6/c1-8(15)7-14-12(17)11(13)6-9-2-4-10(16)5-3-9;1-2/h2-5,11,16H,6-7,13H2,1H3,(H,14,17);1-2H3. The van der Waals surface area contributed by atoms with Crippen LogP contribution in [0.25, 0.3) is 0 Å². The second kappa shape index (κ2) is 9.10. The van der Waals surface area contributed by atoms with Crippen molar-refractivity contribution in [3.63, 3.8) is 0 Å². The van der Waals surface area contributed by atoms with Gasteiger partial charge in [0.15, 0.2) is 0 Å². The molecule has 1 rings (SSSR count). The van der Waals surface area contributed by atoms with E-state index in [1.54, 1.807) is 12.1 Å². The van der Waals surface area contributed by atoms with E-state index in [-0.39, 0.29) is 24.0 Å². The first kappa shape index (κ1) is 17.1. The van der Waals surface area contributed by atoms with E-state index in [4.69, 9.17) is 10.8 Å². The van der Waals surface area contributed by atoms with Gasteiger partial charge in [0.1, 0.15) is 11.5 Å². The average Bonchev–Trinajstić information content (AvgIpc) is 2.40. The topological polar surface area (TPSA) is 92.4 Å². The number of ketones is 1. The van der Waals surface area contributed by atoms with E-state index >= 15 is 0 Å². The predicted molar refractivity (Wildman–Crippen MR) is 74.8 cm³/mol. The van der Waals surface area contributed by atoms with Gasteiger partial charge in [-0.25, -0.2) is 0 Å². The Morgan fingerprint density at radius 1 is 1.26 bits per heavy atom. The zero-order valence-corrected chi connectivity index (χ0v) is 11.6. The van der Waals surface area contributed by atoms with Crippen molar-refractivity contribution >= 4 is 11.7 Å². The third kappa shape index (κ3) is 7.21. The Kier molecular flexibility index (Phi) is 8.20. The van der Waals surface area contributed by atoms with E-state index in [2.05, 4.69) is 5.32 Å². The number of carbonyl (C=O) groups excluding carboxylic acids is 2. The van der Waals surface area contributed by atoms with Crippen molar-refractivity contribution in [2.45, 2.75) is 33.2 Å². The molecule has 0 bridgehead atoms. The van der Waals surface area contributed by atoms with Crippen molar-refractivity contribution < 1.29 is 14.7 Å². The van der Waals surface area contributed by atoms with Crippen LogP contribution in [0.4, 0.5) is 0 Å². The lowest BCUT2D eigenvalue weighted by atomic mass is 10.1. The molecule has 0 radical (unpaired) electrons. The van der Waals surface area contributed by atoms with Crippen LogP contribution in [0.3, 0.4) is 0 Å². The van der Waals surface area contributed by atoms with Gasteiger partial charge in [0.2, 0.25) is 5.91 Å². The minimum absolute atomic E-state index is 0.00209. The van der Waals surface area contributed by atoms with Crippen LogP contribution in [0.1, 0.15) is 26.3 Å². The minimum atomic E-state index is -0.695. The summed E-state index contributed by atoms with van der Waals surface area (Å²) in [4.78, 5) is 22.2. The van der Waals surface area contributed by atoms with Crippen LogP contribution in [0, 0.1) is 0 Å². The Morgan fingerprint density at radius 3 is 2.26 bits per heavy atom. The smallest absolute Gasteiger partial charge is 0.237 e. The molecule has 19 heavy (non-hydrogen) atoms. The SMILES string of the molecule is CC.CC(=O)CNC(=O)C(N)Cc1ccc(O)cc1. The summed E-state index contributed by atoms with van der Waals surface area (Å²) in [5, 5.41) is 11.5. The van der Waals surface area contributed by atoms with E-state index in [1.807, 2.05) is 13.8 Å². The fourth-order valence-electron chi connectivity index (χ4n) is 1.32. The molecule has 0 saturated heterocycles. The Morgan fingerprint density at radius 2 is 1.79 bits per heavy atom. The van der Waals surface area contributed by atoms with E-state index in [1.165, 1.54) is 19.1 Å². The largest absolute Gasteiger partial charge is 0.508 e. The van der Waals surface area contributed by atoms with Crippen LogP contribution in [-0.2, 0) is 16.0 Å². The fourth-order valence-corrected chi connectivity index (χ4v) is 1.32. The number of hydrogen-bond acceptors (Lipinski definition) is 4. The number of amides is 1. The number of aromatic hydroxyl groups is 1. The molecule has 5 heteroatoms. The summed E-state index contributed by atoms with van der Waals surface area (Å²) in [7, 11) is 0. The van der Waals surface area contributed by atoms with Crippen LogP contribution in [-0.4, -0.2) is 29.4 Å². The number of phenols is 1. The Hall–Kier alpha value is -1.88. The molecule has 1 unspecified atom stereocenters. The minimum Gasteiger partial charge on any atom is -0.508 e. The molecular formula is C14H22N2O3. The maximum atomic E-state index is 11.5. The maximum absolute atomic E-state index is 11.5. The monoisotopic (exact) mass is 266 g/mol. The molecule has 0 aliphatic heterocycles. The first-order valence-electron chi connectivity index (χ1n) is 6.29. The van der Waals surface area contributed by atoms with Gasteiger partial charge in [-0.2, -0.15) is 0 Å². The summed E-state index contributed by atoms with van der Waals surface area (Å²) in [5.74, 6) is -0.299. The molecule has 1 aromatic rings. The molecule has 1 amide bonds. The van der Waals surface area contributed by atoms with Gasteiger partial charge in [0.25, 0.3) is 0 Å². The van der Waals surface area contributed by atoms with Crippen LogP contribution in [0.2, 0.25) is 0 Å². The second-order valence-electron chi connectivity index (χ2n) is 3.90. The highest BCUT2D eigenvalue weighted by Gasteiger charge is 2.13. The van der Waals surface area contributed by atoms with E-state index < -0.39 is 6.04 Å². The molecule has 0 spiro atoms. The van der Waals surface area contributed by atoms with Crippen LogP contribution in [0.5, 0.6) is 5.75 Å². The maximum Gasteiger partial charge on any atom is 0.237 e. The van der Waals surface area contributed by atoms with E-state index in [0.29, 0.717) is 6.42 Å². The fraction of sp³-hybridized carbons (Fsp3) is 0.429. The first-order valence-corrected chi connectivity index (χ1v) is 6.29. The van der Waals surface area contributed by atoms with Crippen LogP contribution < -0.4 is 11.1 Å². The van der Waals surface area contributed by atoms with Crippen molar-refractivity contribution in [3.8, 4) is 5.75 Å². The number of rotatable bonds is 5. The van der Waals surface area contributed by atoms with Crippen molar-refractivity contribution in [1.29, 1.82) is 0 Å². The van der Waals surface area contributed by atoms with Gasteiger partial charge >= 0.3 is 0 Å². The third-order valence-electron chi connectivity index (χ3n) is 2.24. The van der Waals surface area contributed by atoms with Gasteiger partial charge in [-0.15, -0.1) is 0 Å². The van der Waals surface area contributed by atoms with Gasteiger partial charge in [-0.3, -0.25) is 9.59 Å².